The molecule has 0 aliphatic carbocycles. The molecule has 0 bridgehead atoms. The number of nitrogens with zero attached hydrogens (tertiary/aromatic N) is 2. The molecule has 2 heterocycles. The fourth-order valence-corrected chi connectivity index (χ4v) is 2.19. The molecule has 0 aromatic carbocycles. The third kappa shape index (κ3) is 2.83. The lowest BCUT2D eigenvalue weighted by atomic mass is 10.2. The van der Waals surface area contributed by atoms with Gasteiger partial charge < -0.3 is 5.32 Å². The van der Waals surface area contributed by atoms with Gasteiger partial charge in [0.2, 0.25) is 0 Å². The first-order chi connectivity index (χ1) is 8.18. The molecule has 2 aromatic heterocycles. The molecule has 0 spiro atoms. The maximum Gasteiger partial charge on any atom is 0.285 e. The Morgan fingerprint density at radius 1 is 1.65 bits per heavy atom. The van der Waals surface area contributed by atoms with Crippen LogP contribution in [-0.2, 0) is 0 Å². The molecule has 2 rings (SSSR count). The van der Waals surface area contributed by atoms with Crippen LogP contribution in [0.4, 0.5) is 5.69 Å². The summed E-state index contributed by atoms with van der Waals surface area (Å²) in [5.41, 5.74) is 0.150. The van der Waals surface area contributed by atoms with Gasteiger partial charge in [0, 0.05) is 24.0 Å². The Morgan fingerprint density at radius 3 is 3.18 bits per heavy atom. The van der Waals surface area contributed by atoms with Gasteiger partial charge in [0.1, 0.15) is 5.02 Å². The number of anilines is 1. The highest BCUT2D eigenvalue weighted by Crippen LogP contribution is 2.20. The number of hydrogen-bond acceptors (Lipinski definition) is 5. The number of aromatic amines is 1. The Kier molecular flexibility index (Phi) is 3.75. The van der Waals surface area contributed by atoms with Crippen LogP contribution in [0.5, 0.6) is 0 Å². The minimum absolute atomic E-state index is 0.131. The summed E-state index contributed by atoms with van der Waals surface area (Å²) in [6, 6.07) is 0. The van der Waals surface area contributed by atoms with E-state index in [-0.39, 0.29) is 10.9 Å². The molecule has 0 aliphatic rings. The van der Waals surface area contributed by atoms with E-state index < -0.39 is 5.56 Å². The zero-order valence-corrected chi connectivity index (χ0v) is 10.7. The zero-order valence-electron chi connectivity index (χ0n) is 9.11. The standard InChI is InChI=1S/C10H11ClN4OS/c1-6(10-12-2-3-17-10)4-13-7-5-14-15-9(16)8(7)11/h2-3,5-6H,4H2,1H3,(H2,13,15,16). The third-order valence-electron chi connectivity index (χ3n) is 2.27. The molecule has 5 nitrogen and oxygen atoms in total. The molecule has 2 aromatic rings. The summed E-state index contributed by atoms with van der Waals surface area (Å²) in [5, 5.41) is 12.2. The molecule has 0 aliphatic heterocycles. The van der Waals surface area contributed by atoms with Gasteiger partial charge in [0.05, 0.1) is 16.9 Å². The van der Waals surface area contributed by atoms with E-state index in [0.717, 1.165) is 5.01 Å². The Balaban J connectivity index is 2.03. The average molecular weight is 271 g/mol. The van der Waals surface area contributed by atoms with E-state index >= 15 is 0 Å². The number of halogens is 1. The van der Waals surface area contributed by atoms with Crippen molar-refractivity contribution in [1.29, 1.82) is 0 Å². The molecule has 0 saturated carbocycles. The average Bonchev–Trinajstić information content (AvgIpc) is 2.84. The summed E-state index contributed by atoms with van der Waals surface area (Å²) < 4.78 is 0. The van der Waals surface area contributed by atoms with Crippen molar-refractivity contribution in [2.75, 3.05) is 11.9 Å². The second kappa shape index (κ2) is 5.29. The van der Waals surface area contributed by atoms with Crippen molar-refractivity contribution >= 4 is 28.6 Å². The maximum atomic E-state index is 11.2. The summed E-state index contributed by atoms with van der Waals surface area (Å²) >= 11 is 7.45. The lowest BCUT2D eigenvalue weighted by Crippen LogP contribution is -2.15. The molecule has 2 N–H and O–H groups in total. The first kappa shape index (κ1) is 12.1. The van der Waals surface area contributed by atoms with Crippen molar-refractivity contribution in [2.45, 2.75) is 12.8 Å². The number of hydrogen-bond donors (Lipinski definition) is 2. The lowest BCUT2D eigenvalue weighted by Gasteiger charge is -2.11. The molecule has 7 heteroatoms. The molecular weight excluding hydrogens is 260 g/mol. The molecule has 0 amide bonds. The lowest BCUT2D eigenvalue weighted by molar-refractivity contribution is 0.793. The molecule has 1 unspecified atom stereocenters. The van der Waals surface area contributed by atoms with Crippen LogP contribution in [0.25, 0.3) is 0 Å². The summed E-state index contributed by atoms with van der Waals surface area (Å²) in [7, 11) is 0. The van der Waals surface area contributed by atoms with Crippen LogP contribution in [0.3, 0.4) is 0 Å². The molecule has 0 radical (unpaired) electrons. The number of thiazole rings is 1. The van der Waals surface area contributed by atoms with E-state index in [1.165, 1.54) is 6.20 Å². The Morgan fingerprint density at radius 2 is 2.47 bits per heavy atom. The topological polar surface area (TPSA) is 70.7 Å². The van der Waals surface area contributed by atoms with Crippen LogP contribution in [0.2, 0.25) is 5.02 Å². The number of aromatic nitrogens is 3. The normalized spacial score (nSPS) is 12.4. The van der Waals surface area contributed by atoms with Gasteiger partial charge in [-0.05, 0) is 0 Å². The monoisotopic (exact) mass is 270 g/mol. The highest BCUT2D eigenvalue weighted by molar-refractivity contribution is 7.09. The predicted octanol–water partition coefficient (Wildman–Crippen LogP) is 2.10. The van der Waals surface area contributed by atoms with Crippen LogP contribution in [0, 0.1) is 0 Å². The Bertz CT molecular complexity index is 539. The molecular formula is C10H11ClN4OS. The fraction of sp³-hybridized carbons (Fsp3) is 0.300. The van der Waals surface area contributed by atoms with E-state index in [1.807, 2.05) is 5.38 Å². The van der Waals surface area contributed by atoms with Crippen molar-refractivity contribution in [3.05, 3.63) is 38.2 Å². The summed E-state index contributed by atoms with van der Waals surface area (Å²) in [6.45, 7) is 2.71. The van der Waals surface area contributed by atoms with Crippen molar-refractivity contribution in [1.82, 2.24) is 15.2 Å². The maximum absolute atomic E-state index is 11.2. The SMILES string of the molecule is CC(CNc1cn[nH]c(=O)c1Cl)c1nccs1. The van der Waals surface area contributed by atoms with Crippen LogP contribution in [0.15, 0.2) is 22.6 Å². The van der Waals surface area contributed by atoms with Gasteiger partial charge in [-0.3, -0.25) is 4.79 Å². The van der Waals surface area contributed by atoms with Crippen LogP contribution < -0.4 is 10.9 Å². The van der Waals surface area contributed by atoms with Gasteiger partial charge in [0.15, 0.2) is 0 Å². The summed E-state index contributed by atoms with van der Waals surface area (Å²) in [4.78, 5) is 15.4. The molecule has 90 valence electrons. The molecule has 1 atom stereocenters. The quantitative estimate of drug-likeness (QED) is 0.893. The van der Waals surface area contributed by atoms with E-state index in [2.05, 4.69) is 27.4 Å². The van der Waals surface area contributed by atoms with Crippen LogP contribution in [-0.4, -0.2) is 21.7 Å². The van der Waals surface area contributed by atoms with Gasteiger partial charge >= 0.3 is 0 Å². The first-order valence-electron chi connectivity index (χ1n) is 5.05. The van der Waals surface area contributed by atoms with Gasteiger partial charge in [-0.15, -0.1) is 11.3 Å². The Hall–Kier alpha value is -1.40. The number of rotatable bonds is 4. The first-order valence-corrected chi connectivity index (χ1v) is 6.30. The number of H-pyrrole nitrogens is 1. The predicted molar refractivity (Wildman–Crippen MR) is 68.9 cm³/mol. The smallest absolute Gasteiger partial charge is 0.285 e. The second-order valence-electron chi connectivity index (χ2n) is 3.58. The van der Waals surface area contributed by atoms with E-state index in [1.54, 1.807) is 17.5 Å². The highest BCUT2D eigenvalue weighted by atomic mass is 35.5. The molecule has 17 heavy (non-hydrogen) atoms. The van der Waals surface area contributed by atoms with Crippen molar-refractivity contribution < 1.29 is 0 Å². The van der Waals surface area contributed by atoms with Gasteiger partial charge in [-0.2, -0.15) is 5.10 Å². The van der Waals surface area contributed by atoms with E-state index in [9.17, 15) is 4.79 Å². The summed E-state index contributed by atoms with van der Waals surface area (Å²) in [6.07, 6.45) is 3.27. The van der Waals surface area contributed by atoms with Gasteiger partial charge in [-0.1, -0.05) is 18.5 Å². The molecule has 0 fully saturated rings. The minimum Gasteiger partial charge on any atom is -0.382 e. The fourth-order valence-electron chi connectivity index (χ4n) is 1.33. The number of nitrogens with one attached hydrogen (secondary N) is 2. The van der Waals surface area contributed by atoms with E-state index in [4.69, 9.17) is 11.6 Å². The molecule has 0 saturated heterocycles. The minimum atomic E-state index is -0.390. The van der Waals surface area contributed by atoms with Crippen molar-refractivity contribution in [3.63, 3.8) is 0 Å². The van der Waals surface area contributed by atoms with Crippen LogP contribution in [0.1, 0.15) is 17.8 Å². The van der Waals surface area contributed by atoms with Gasteiger partial charge in [-0.25, -0.2) is 10.1 Å². The zero-order chi connectivity index (χ0) is 12.3. The largest absolute Gasteiger partial charge is 0.382 e. The van der Waals surface area contributed by atoms with Crippen molar-refractivity contribution in [3.8, 4) is 0 Å². The second-order valence-corrected chi connectivity index (χ2v) is 4.88. The van der Waals surface area contributed by atoms with Crippen molar-refractivity contribution in [2.24, 2.45) is 0 Å². The Labute approximate surface area is 107 Å². The third-order valence-corrected chi connectivity index (χ3v) is 3.65. The highest BCUT2D eigenvalue weighted by Gasteiger charge is 2.10. The summed E-state index contributed by atoms with van der Waals surface area (Å²) in [5.74, 6) is 0.255. The van der Waals surface area contributed by atoms with Crippen LogP contribution >= 0.6 is 22.9 Å². The van der Waals surface area contributed by atoms with Gasteiger partial charge in [0.25, 0.3) is 5.56 Å². The van der Waals surface area contributed by atoms with E-state index in [0.29, 0.717) is 12.2 Å².